The molecule has 2 unspecified atom stereocenters. The molecule has 2 aliphatic rings. The van der Waals surface area contributed by atoms with Gasteiger partial charge in [-0.3, -0.25) is 4.79 Å². The van der Waals surface area contributed by atoms with Gasteiger partial charge in [-0.25, -0.2) is 0 Å². The highest BCUT2D eigenvalue weighted by molar-refractivity contribution is 9.12. The molecule has 3 N–H and O–H groups in total. The van der Waals surface area contributed by atoms with Crippen molar-refractivity contribution >= 4 is 37.8 Å². The summed E-state index contributed by atoms with van der Waals surface area (Å²) in [7, 11) is 0. The molecule has 2 rings (SSSR count). The fraction of sp³-hybridized carbons (Fsp3) is 0.462. The number of ether oxygens (including phenoxy) is 1. The zero-order chi connectivity index (χ0) is 14.9. The van der Waals surface area contributed by atoms with E-state index < -0.39 is 24.0 Å². The molecule has 1 saturated heterocycles. The second kappa shape index (κ2) is 6.11. The number of aliphatic hydroxyl groups is 2. The maximum atomic E-state index is 11.5. The maximum Gasteiger partial charge on any atom is 0.244 e. The summed E-state index contributed by atoms with van der Waals surface area (Å²) in [5.74, 6) is -0.279. The normalized spacial score (nSPS) is 37.1. The summed E-state index contributed by atoms with van der Waals surface area (Å²) in [6.07, 6.45) is 4.93. The van der Waals surface area contributed by atoms with Crippen LogP contribution in [0.2, 0.25) is 0 Å². The van der Waals surface area contributed by atoms with E-state index in [-0.39, 0.29) is 5.91 Å². The quantitative estimate of drug-likeness (QED) is 0.604. The molecule has 1 fully saturated rings. The van der Waals surface area contributed by atoms with E-state index in [1.807, 2.05) is 0 Å². The Balaban J connectivity index is 2.16. The minimum Gasteiger partial charge on any atom is -0.383 e. The lowest BCUT2D eigenvalue weighted by Crippen LogP contribution is -2.39. The molecule has 0 aromatic carbocycles. The average Bonchev–Trinajstić information content (AvgIpc) is 2.62. The summed E-state index contributed by atoms with van der Waals surface area (Å²) in [4.78, 5) is 11.5. The van der Waals surface area contributed by atoms with Gasteiger partial charge in [-0.1, -0.05) is 37.9 Å². The summed E-state index contributed by atoms with van der Waals surface area (Å²) in [6, 6.07) is -0.512. The number of hydrogen-bond acceptors (Lipinski definition) is 4. The Bertz CT molecular complexity index is 481. The molecule has 2 atom stereocenters. The van der Waals surface area contributed by atoms with Gasteiger partial charge in [-0.2, -0.15) is 0 Å². The number of halogens is 2. The Morgan fingerprint density at radius 1 is 1.45 bits per heavy atom. The minimum absolute atomic E-state index is 0.279. The largest absolute Gasteiger partial charge is 0.383 e. The van der Waals surface area contributed by atoms with Crippen molar-refractivity contribution in [1.82, 2.24) is 5.32 Å². The number of aliphatic hydroxyl groups excluding tert-OH is 2. The fourth-order valence-corrected chi connectivity index (χ4v) is 3.86. The van der Waals surface area contributed by atoms with Crippen molar-refractivity contribution in [2.75, 3.05) is 0 Å². The second-order valence-electron chi connectivity index (χ2n) is 4.74. The highest BCUT2D eigenvalue weighted by atomic mass is 79.9. The number of hydrogen-bond donors (Lipinski definition) is 3. The molecular weight excluding hydrogens is 394 g/mol. The van der Waals surface area contributed by atoms with Crippen LogP contribution in [0.1, 0.15) is 13.3 Å². The third-order valence-electron chi connectivity index (χ3n) is 3.16. The molecule has 0 saturated carbocycles. The van der Waals surface area contributed by atoms with E-state index in [9.17, 15) is 15.0 Å². The first-order valence-corrected chi connectivity index (χ1v) is 7.69. The zero-order valence-corrected chi connectivity index (χ0v) is 13.9. The monoisotopic (exact) mass is 407 g/mol. The van der Waals surface area contributed by atoms with Crippen molar-refractivity contribution in [3.05, 3.63) is 33.3 Å². The fourth-order valence-electron chi connectivity index (χ4n) is 2.29. The van der Waals surface area contributed by atoms with Crippen molar-refractivity contribution in [3.8, 4) is 0 Å². The Morgan fingerprint density at radius 2 is 2.05 bits per heavy atom. The Morgan fingerprint density at radius 3 is 2.60 bits per heavy atom. The molecule has 0 radical (unpaired) electrons. The lowest BCUT2D eigenvalue weighted by molar-refractivity contribution is -0.126. The highest BCUT2D eigenvalue weighted by Crippen LogP contribution is 2.41. The molecule has 1 heterocycles. The standard InChI is InChI=1S/C13H15Br2NO4/c1-2-3-10(17)16-9-6-13(20-12(9)19)4-7(14)11(18)8(15)5-13/h2-5,9,11-12,18-19H,6H2,1H3,(H,16,17)/b3-2+. The van der Waals surface area contributed by atoms with Crippen molar-refractivity contribution in [1.29, 1.82) is 0 Å². The van der Waals surface area contributed by atoms with Gasteiger partial charge in [0.1, 0.15) is 11.7 Å². The molecular formula is C13H15Br2NO4. The molecule has 7 heteroatoms. The second-order valence-corrected chi connectivity index (χ2v) is 6.57. The van der Waals surface area contributed by atoms with Crippen LogP contribution in [0.4, 0.5) is 0 Å². The molecule has 20 heavy (non-hydrogen) atoms. The Hall–Kier alpha value is -0.470. The van der Waals surface area contributed by atoms with Crippen LogP contribution in [-0.4, -0.2) is 40.2 Å². The number of carbonyl (C=O) groups is 1. The maximum absolute atomic E-state index is 11.5. The summed E-state index contributed by atoms with van der Waals surface area (Å²) >= 11 is 6.55. The number of rotatable bonds is 2. The van der Waals surface area contributed by atoms with Gasteiger partial charge in [0.05, 0.1) is 6.04 Å². The average molecular weight is 409 g/mol. The van der Waals surface area contributed by atoms with Crippen LogP contribution in [0.15, 0.2) is 33.3 Å². The molecule has 1 aliphatic heterocycles. The number of amides is 1. The van der Waals surface area contributed by atoms with Crippen LogP contribution in [-0.2, 0) is 9.53 Å². The molecule has 1 aliphatic carbocycles. The van der Waals surface area contributed by atoms with Gasteiger partial charge in [0.15, 0.2) is 6.29 Å². The first-order chi connectivity index (χ1) is 9.37. The van der Waals surface area contributed by atoms with Crippen molar-refractivity contribution in [3.63, 3.8) is 0 Å². The van der Waals surface area contributed by atoms with Crippen LogP contribution >= 0.6 is 31.9 Å². The van der Waals surface area contributed by atoms with Crippen LogP contribution in [0.25, 0.3) is 0 Å². The lowest BCUT2D eigenvalue weighted by Gasteiger charge is -2.28. The third kappa shape index (κ3) is 3.23. The molecule has 1 spiro atoms. The van der Waals surface area contributed by atoms with E-state index >= 15 is 0 Å². The van der Waals surface area contributed by atoms with E-state index in [1.165, 1.54) is 6.08 Å². The van der Waals surface area contributed by atoms with Gasteiger partial charge in [0.25, 0.3) is 0 Å². The van der Waals surface area contributed by atoms with Gasteiger partial charge in [-0.05, 0) is 25.2 Å². The van der Waals surface area contributed by atoms with Crippen LogP contribution in [0.3, 0.4) is 0 Å². The SMILES string of the molecule is C/C=C/C(=O)NC1CC2(C=C(Br)C(O)C(Br)=C2)OC1O. The van der Waals surface area contributed by atoms with E-state index in [0.717, 1.165) is 0 Å². The van der Waals surface area contributed by atoms with Crippen molar-refractivity contribution < 1.29 is 19.7 Å². The lowest BCUT2D eigenvalue weighted by atomic mass is 9.92. The predicted molar refractivity (Wildman–Crippen MR) is 81.2 cm³/mol. The van der Waals surface area contributed by atoms with E-state index in [2.05, 4.69) is 37.2 Å². The molecule has 5 nitrogen and oxygen atoms in total. The number of nitrogens with one attached hydrogen (secondary N) is 1. The van der Waals surface area contributed by atoms with Crippen molar-refractivity contribution in [2.45, 2.75) is 37.4 Å². The minimum atomic E-state index is -1.10. The van der Waals surface area contributed by atoms with Gasteiger partial charge in [-0.15, -0.1) is 0 Å². The van der Waals surface area contributed by atoms with E-state index in [1.54, 1.807) is 25.2 Å². The summed E-state index contributed by atoms with van der Waals surface area (Å²) < 4.78 is 6.67. The van der Waals surface area contributed by atoms with Gasteiger partial charge >= 0.3 is 0 Å². The molecule has 110 valence electrons. The summed E-state index contributed by atoms with van der Waals surface area (Å²) in [5, 5.41) is 22.4. The van der Waals surface area contributed by atoms with Gasteiger partial charge < -0.3 is 20.3 Å². The number of allylic oxidation sites excluding steroid dienone is 1. The first kappa shape index (κ1) is 15.9. The molecule has 1 amide bonds. The first-order valence-electron chi connectivity index (χ1n) is 6.10. The van der Waals surface area contributed by atoms with Crippen LogP contribution in [0, 0.1) is 0 Å². The predicted octanol–water partition coefficient (Wildman–Crippen LogP) is 1.46. The molecule has 0 aromatic heterocycles. The van der Waals surface area contributed by atoms with E-state index in [0.29, 0.717) is 15.4 Å². The van der Waals surface area contributed by atoms with Crippen LogP contribution in [0.5, 0.6) is 0 Å². The van der Waals surface area contributed by atoms with Crippen molar-refractivity contribution in [2.24, 2.45) is 0 Å². The smallest absolute Gasteiger partial charge is 0.244 e. The Labute approximate surface area is 133 Å². The molecule has 0 aromatic rings. The summed E-state index contributed by atoms with van der Waals surface area (Å²) in [6.45, 7) is 1.74. The highest BCUT2D eigenvalue weighted by Gasteiger charge is 2.46. The third-order valence-corrected chi connectivity index (χ3v) is 4.48. The number of carbonyl (C=O) groups excluding carboxylic acids is 1. The zero-order valence-electron chi connectivity index (χ0n) is 10.7. The van der Waals surface area contributed by atoms with Crippen LogP contribution < -0.4 is 5.32 Å². The molecule has 0 bridgehead atoms. The van der Waals surface area contributed by atoms with E-state index in [4.69, 9.17) is 4.74 Å². The summed E-state index contributed by atoms with van der Waals surface area (Å²) in [5.41, 5.74) is -0.843. The van der Waals surface area contributed by atoms with Gasteiger partial charge in [0.2, 0.25) is 5.91 Å². The Kier molecular flexibility index (Phi) is 4.86. The topological polar surface area (TPSA) is 78.8 Å². The van der Waals surface area contributed by atoms with Gasteiger partial charge in [0, 0.05) is 15.4 Å².